The molecule has 2 aromatic rings. The summed E-state index contributed by atoms with van der Waals surface area (Å²) in [7, 11) is 2.23. The van der Waals surface area contributed by atoms with Gasteiger partial charge in [0.25, 0.3) is 0 Å². The van der Waals surface area contributed by atoms with Gasteiger partial charge in [-0.15, -0.1) is 0 Å². The fourth-order valence-corrected chi connectivity index (χ4v) is 4.28. The Morgan fingerprint density at radius 3 is 2.93 bits per heavy atom. The molecule has 0 saturated heterocycles. The first-order valence-electron chi connectivity index (χ1n) is 10.1. The first kappa shape index (κ1) is 18.2. The van der Waals surface area contributed by atoms with Gasteiger partial charge in [-0.1, -0.05) is 18.2 Å². The number of hydrogen-bond acceptors (Lipinski definition) is 4. The van der Waals surface area contributed by atoms with Gasteiger partial charge >= 0.3 is 0 Å². The van der Waals surface area contributed by atoms with Crippen LogP contribution in [0.25, 0.3) is 0 Å². The molecule has 1 aliphatic carbocycles. The van der Waals surface area contributed by atoms with Crippen molar-refractivity contribution in [3.8, 4) is 17.2 Å². The van der Waals surface area contributed by atoms with Crippen molar-refractivity contribution in [2.45, 2.75) is 38.5 Å². The van der Waals surface area contributed by atoms with E-state index in [0.717, 1.165) is 49.8 Å². The van der Waals surface area contributed by atoms with E-state index in [4.69, 9.17) is 14.2 Å². The maximum absolute atomic E-state index is 5.86. The normalized spacial score (nSPS) is 17.8. The first-order chi connectivity index (χ1) is 13.2. The maximum atomic E-state index is 5.86. The van der Waals surface area contributed by atoms with Crippen LogP contribution in [0.3, 0.4) is 0 Å². The third-order valence-corrected chi connectivity index (χ3v) is 5.64. The molecule has 2 aromatic carbocycles. The van der Waals surface area contributed by atoms with Crippen LogP contribution in [0.4, 0.5) is 0 Å². The summed E-state index contributed by atoms with van der Waals surface area (Å²) < 4.78 is 16.8. The first-order valence-corrected chi connectivity index (χ1v) is 10.1. The highest BCUT2D eigenvalue weighted by Gasteiger charge is 2.24. The Morgan fingerprint density at radius 1 is 1.15 bits per heavy atom. The largest absolute Gasteiger partial charge is 0.494 e. The van der Waals surface area contributed by atoms with E-state index >= 15 is 0 Å². The molecule has 1 aliphatic heterocycles. The van der Waals surface area contributed by atoms with E-state index in [1.165, 1.54) is 29.5 Å². The van der Waals surface area contributed by atoms with Gasteiger partial charge in [0.1, 0.15) is 5.75 Å². The lowest BCUT2D eigenvalue weighted by Gasteiger charge is -2.30. The number of benzene rings is 2. The number of ether oxygens (including phenoxy) is 3. The third-order valence-electron chi connectivity index (χ3n) is 5.64. The van der Waals surface area contributed by atoms with Gasteiger partial charge in [-0.2, -0.15) is 0 Å². The van der Waals surface area contributed by atoms with Crippen LogP contribution in [-0.2, 0) is 12.8 Å². The van der Waals surface area contributed by atoms with Gasteiger partial charge in [0.15, 0.2) is 11.5 Å². The minimum atomic E-state index is 0.337. The zero-order chi connectivity index (χ0) is 18.6. The fourth-order valence-electron chi connectivity index (χ4n) is 4.28. The van der Waals surface area contributed by atoms with Gasteiger partial charge < -0.3 is 19.1 Å². The second-order valence-corrected chi connectivity index (χ2v) is 7.55. The Labute approximate surface area is 162 Å². The number of rotatable bonds is 7. The van der Waals surface area contributed by atoms with Crippen molar-refractivity contribution >= 4 is 0 Å². The number of likely N-dealkylation sites (N-methyl/N-ethyl adjacent to an activating group) is 1. The van der Waals surface area contributed by atoms with E-state index < -0.39 is 0 Å². The molecular weight excluding hydrogens is 338 g/mol. The summed E-state index contributed by atoms with van der Waals surface area (Å²) in [6.45, 7) is 5.26. The summed E-state index contributed by atoms with van der Waals surface area (Å²) in [6.07, 6.45) is 4.67. The SMILES string of the molecule is CCOc1cccc2c1CCC[C@H]2CN(C)CCc1ccc2c(c1)OCO2. The quantitative estimate of drug-likeness (QED) is 0.725. The van der Waals surface area contributed by atoms with Gasteiger partial charge in [-0.05, 0) is 80.5 Å². The molecule has 4 rings (SSSR count). The zero-order valence-corrected chi connectivity index (χ0v) is 16.4. The Kier molecular flexibility index (Phi) is 5.53. The highest BCUT2D eigenvalue weighted by molar-refractivity contribution is 5.45. The predicted molar refractivity (Wildman–Crippen MR) is 107 cm³/mol. The molecular formula is C23H29NO3. The van der Waals surface area contributed by atoms with Gasteiger partial charge in [0.2, 0.25) is 6.79 Å². The maximum Gasteiger partial charge on any atom is 0.231 e. The smallest absolute Gasteiger partial charge is 0.231 e. The van der Waals surface area contributed by atoms with Crippen molar-refractivity contribution in [1.82, 2.24) is 4.90 Å². The molecule has 2 aliphatic rings. The molecule has 0 saturated carbocycles. The lowest BCUT2D eigenvalue weighted by Crippen LogP contribution is -2.28. The number of fused-ring (bicyclic) bond motifs is 2. The van der Waals surface area contributed by atoms with Crippen LogP contribution in [0.2, 0.25) is 0 Å². The number of nitrogens with zero attached hydrogens (tertiary/aromatic N) is 1. The Hall–Kier alpha value is -2.20. The summed E-state index contributed by atoms with van der Waals surface area (Å²) in [5, 5.41) is 0. The van der Waals surface area contributed by atoms with Gasteiger partial charge in [-0.3, -0.25) is 0 Å². The second-order valence-electron chi connectivity index (χ2n) is 7.55. The average molecular weight is 367 g/mol. The lowest BCUT2D eigenvalue weighted by atomic mass is 9.82. The molecule has 0 amide bonds. The topological polar surface area (TPSA) is 30.9 Å². The zero-order valence-electron chi connectivity index (χ0n) is 16.4. The molecule has 0 bridgehead atoms. The van der Waals surface area contributed by atoms with Crippen LogP contribution in [0.1, 0.15) is 42.4 Å². The number of hydrogen-bond donors (Lipinski definition) is 0. The second kappa shape index (κ2) is 8.22. The molecule has 1 atom stereocenters. The van der Waals surface area contributed by atoms with Gasteiger partial charge in [0, 0.05) is 13.1 Å². The van der Waals surface area contributed by atoms with Crippen LogP contribution in [0.5, 0.6) is 17.2 Å². The van der Waals surface area contributed by atoms with Crippen LogP contribution >= 0.6 is 0 Å². The molecule has 0 fully saturated rings. The minimum Gasteiger partial charge on any atom is -0.494 e. The average Bonchev–Trinajstić information content (AvgIpc) is 3.15. The van der Waals surface area contributed by atoms with Crippen LogP contribution in [-0.4, -0.2) is 38.4 Å². The van der Waals surface area contributed by atoms with E-state index in [1.807, 2.05) is 6.07 Å². The molecule has 0 N–H and O–H groups in total. The minimum absolute atomic E-state index is 0.337. The monoisotopic (exact) mass is 367 g/mol. The van der Waals surface area contributed by atoms with E-state index in [0.29, 0.717) is 12.7 Å². The summed E-state index contributed by atoms with van der Waals surface area (Å²) in [4.78, 5) is 2.46. The van der Waals surface area contributed by atoms with Crippen molar-refractivity contribution in [3.63, 3.8) is 0 Å². The molecule has 27 heavy (non-hydrogen) atoms. The Morgan fingerprint density at radius 2 is 2.04 bits per heavy atom. The van der Waals surface area contributed by atoms with E-state index in [1.54, 1.807) is 0 Å². The molecule has 0 unspecified atom stereocenters. The molecule has 4 heteroatoms. The summed E-state index contributed by atoms with van der Waals surface area (Å²) in [5.41, 5.74) is 4.22. The summed E-state index contributed by atoms with van der Waals surface area (Å²) >= 11 is 0. The van der Waals surface area contributed by atoms with E-state index in [2.05, 4.69) is 49.2 Å². The van der Waals surface area contributed by atoms with Crippen molar-refractivity contribution < 1.29 is 14.2 Å². The summed E-state index contributed by atoms with van der Waals surface area (Å²) in [6, 6.07) is 12.8. The molecule has 0 aromatic heterocycles. The lowest BCUT2D eigenvalue weighted by molar-refractivity contribution is 0.174. The Balaban J connectivity index is 1.38. The van der Waals surface area contributed by atoms with Crippen LogP contribution < -0.4 is 14.2 Å². The highest BCUT2D eigenvalue weighted by atomic mass is 16.7. The van der Waals surface area contributed by atoms with Crippen molar-refractivity contribution in [3.05, 3.63) is 53.1 Å². The van der Waals surface area contributed by atoms with Gasteiger partial charge in [0.05, 0.1) is 6.61 Å². The van der Waals surface area contributed by atoms with E-state index in [9.17, 15) is 0 Å². The van der Waals surface area contributed by atoms with Crippen LogP contribution in [0.15, 0.2) is 36.4 Å². The van der Waals surface area contributed by atoms with E-state index in [-0.39, 0.29) is 0 Å². The molecule has 0 radical (unpaired) electrons. The molecule has 1 heterocycles. The highest BCUT2D eigenvalue weighted by Crippen LogP contribution is 2.37. The Bertz CT molecular complexity index is 789. The predicted octanol–water partition coefficient (Wildman–Crippen LogP) is 4.41. The standard InChI is InChI=1S/C23H29NO3/c1-3-25-21-9-5-7-19-18(6-4-8-20(19)21)15-24(2)13-12-17-10-11-22-23(14-17)27-16-26-22/h5,7,9-11,14,18H,3-4,6,8,12-13,15-16H2,1-2H3/t18-/m0/s1. The third kappa shape index (κ3) is 4.06. The van der Waals surface area contributed by atoms with Crippen LogP contribution in [0, 0.1) is 0 Å². The molecule has 144 valence electrons. The molecule has 0 spiro atoms. The van der Waals surface area contributed by atoms with Crippen molar-refractivity contribution in [2.75, 3.05) is 33.5 Å². The van der Waals surface area contributed by atoms with Crippen molar-refractivity contribution in [2.24, 2.45) is 0 Å². The summed E-state index contributed by atoms with van der Waals surface area (Å²) in [5.74, 6) is 3.41. The van der Waals surface area contributed by atoms with Crippen molar-refractivity contribution in [1.29, 1.82) is 0 Å². The fraction of sp³-hybridized carbons (Fsp3) is 0.478. The molecule has 4 nitrogen and oxygen atoms in total. The van der Waals surface area contributed by atoms with Gasteiger partial charge in [-0.25, -0.2) is 0 Å².